The Bertz CT molecular complexity index is 353. The lowest BCUT2D eigenvalue weighted by molar-refractivity contribution is 0.427. The van der Waals surface area contributed by atoms with Gasteiger partial charge in [0.15, 0.2) is 11.6 Å². The molecule has 14 heavy (non-hydrogen) atoms. The standard InChI is InChI=1S/C10H11BrFNO/c11-7-3-6(4-8(12)9(7)14)10(5-13)1-2-10/h3-4,14H,1-2,5,13H2. The Labute approximate surface area is 90.1 Å². The molecule has 1 saturated carbocycles. The number of aromatic hydroxyl groups is 1. The minimum absolute atomic E-state index is 0.0446. The molecule has 1 aliphatic carbocycles. The molecule has 2 nitrogen and oxygen atoms in total. The van der Waals surface area contributed by atoms with Crippen LogP contribution in [0.15, 0.2) is 16.6 Å². The number of rotatable bonds is 2. The van der Waals surface area contributed by atoms with E-state index in [1.54, 1.807) is 6.07 Å². The molecule has 0 aromatic heterocycles. The van der Waals surface area contributed by atoms with Crippen molar-refractivity contribution in [3.8, 4) is 5.75 Å². The molecule has 0 unspecified atom stereocenters. The van der Waals surface area contributed by atoms with E-state index < -0.39 is 5.82 Å². The van der Waals surface area contributed by atoms with Crippen LogP contribution in [0.25, 0.3) is 0 Å². The molecule has 2 rings (SSSR count). The summed E-state index contributed by atoms with van der Waals surface area (Å²) in [7, 11) is 0. The molecule has 0 bridgehead atoms. The second-order valence-corrected chi connectivity index (χ2v) is 4.63. The highest BCUT2D eigenvalue weighted by Gasteiger charge is 2.43. The van der Waals surface area contributed by atoms with Crippen LogP contribution in [-0.2, 0) is 5.41 Å². The van der Waals surface area contributed by atoms with E-state index in [4.69, 9.17) is 5.73 Å². The van der Waals surface area contributed by atoms with Crippen molar-refractivity contribution in [3.05, 3.63) is 28.0 Å². The average Bonchev–Trinajstić information content (AvgIpc) is 2.94. The van der Waals surface area contributed by atoms with E-state index in [9.17, 15) is 9.50 Å². The SMILES string of the molecule is NCC1(c2cc(F)c(O)c(Br)c2)CC1. The quantitative estimate of drug-likeness (QED) is 0.856. The van der Waals surface area contributed by atoms with Crippen molar-refractivity contribution in [2.24, 2.45) is 5.73 Å². The zero-order chi connectivity index (χ0) is 10.3. The maximum Gasteiger partial charge on any atom is 0.166 e. The molecule has 0 aliphatic heterocycles. The Morgan fingerprint density at radius 1 is 1.50 bits per heavy atom. The smallest absolute Gasteiger partial charge is 0.166 e. The monoisotopic (exact) mass is 259 g/mol. The van der Waals surface area contributed by atoms with Gasteiger partial charge in [-0.2, -0.15) is 0 Å². The van der Waals surface area contributed by atoms with Crippen LogP contribution in [0.2, 0.25) is 0 Å². The van der Waals surface area contributed by atoms with Crippen LogP contribution < -0.4 is 5.73 Å². The molecule has 1 aliphatic rings. The molecule has 1 fully saturated rings. The van der Waals surface area contributed by atoms with E-state index >= 15 is 0 Å². The van der Waals surface area contributed by atoms with Gasteiger partial charge in [-0.05, 0) is 46.5 Å². The molecule has 0 amide bonds. The molecule has 3 N–H and O–H groups in total. The summed E-state index contributed by atoms with van der Waals surface area (Å²) in [6, 6.07) is 3.12. The van der Waals surface area contributed by atoms with Gasteiger partial charge in [0.1, 0.15) is 0 Å². The predicted octanol–water partition coefficient (Wildman–Crippen LogP) is 2.28. The van der Waals surface area contributed by atoms with Gasteiger partial charge in [-0.25, -0.2) is 4.39 Å². The summed E-state index contributed by atoms with van der Waals surface area (Å²) in [5, 5.41) is 9.24. The van der Waals surface area contributed by atoms with E-state index in [-0.39, 0.29) is 11.2 Å². The highest BCUT2D eigenvalue weighted by atomic mass is 79.9. The van der Waals surface area contributed by atoms with Gasteiger partial charge >= 0.3 is 0 Å². The minimum atomic E-state index is -0.589. The average molecular weight is 260 g/mol. The van der Waals surface area contributed by atoms with Gasteiger partial charge in [-0.3, -0.25) is 0 Å². The van der Waals surface area contributed by atoms with Gasteiger partial charge in [0.05, 0.1) is 4.47 Å². The lowest BCUT2D eigenvalue weighted by Crippen LogP contribution is -2.19. The third-order valence-corrected chi connectivity index (χ3v) is 3.48. The second kappa shape index (κ2) is 3.21. The second-order valence-electron chi connectivity index (χ2n) is 3.77. The maximum absolute atomic E-state index is 13.2. The Morgan fingerprint density at radius 3 is 2.57 bits per heavy atom. The highest BCUT2D eigenvalue weighted by Crippen LogP contribution is 2.48. The van der Waals surface area contributed by atoms with Gasteiger partial charge in [0.25, 0.3) is 0 Å². The van der Waals surface area contributed by atoms with Crippen LogP contribution in [0.1, 0.15) is 18.4 Å². The molecule has 0 spiro atoms. The zero-order valence-electron chi connectivity index (χ0n) is 7.56. The summed E-state index contributed by atoms with van der Waals surface area (Å²) in [5.41, 5.74) is 6.47. The van der Waals surface area contributed by atoms with E-state index in [0.717, 1.165) is 18.4 Å². The van der Waals surface area contributed by atoms with Crippen molar-refractivity contribution in [3.63, 3.8) is 0 Å². The maximum atomic E-state index is 13.2. The number of hydrogen-bond acceptors (Lipinski definition) is 2. The minimum Gasteiger partial charge on any atom is -0.504 e. The third kappa shape index (κ3) is 1.42. The topological polar surface area (TPSA) is 46.2 Å². The Morgan fingerprint density at radius 2 is 2.14 bits per heavy atom. The van der Waals surface area contributed by atoms with Gasteiger partial charge < -0.3 is 10.8 Å². The molecular formula is C10H11BrFNO. The Balaban J connectivity index is 2.46. The molecule has 1 aromatic rings. The summed E-state index contributed by atoms with van der Waals surface area (Å²) in [4.78, 5) is 0. The van der Waals surface area contributed by atoms with Crippen molar-refractivity contribution >= 4 is 15.9 Å². The summed E-state index contributed by atoms with van der Waals surface area (Å²) in [5.74, 6) is -0.921. The van der Waals surface area contributed by atoms with Crippen molar-refractivity contribution in [2.45, 2.75) is 18.3 Å². The van der Waals surface area contributed by atoms with Crippen LogP contribution in [0, 0.1) is 5.82 Å². The number of phenols is 1. The first-order chi connectivity index (χ1) is 6.59. The lowest BCUT2D eigenvalue weighted by Gasteiger charge is -2.13. The Hall–Kier alpha value is -0.610. The first-order valence-electron chi connectivity index (χ1n) is 4.48. The number of phenolic OH excluding ortho intramolecular Hbond substituents is 1. The summed E-state index contributed by atoms with van der Waals surface area (Å²) < 4.78 is 13.6. The number of benzene rings is 1. The molecule has 76 valence electrons. The number of halogens is 2. The van der Waals surface area contributed by atoms with Crippen molar-refractivity contribution in [1.82, 2.24) is 0 Å². The van der Waals surface area contributed by atoms with Gasteiger partial charge in [-0.15, -0.1) is 0 Å². The molecule has 0 heterocycles. The van der Waals surface area contributed by atoms with Gasteiger partial charge in [0.2, 0.25) is 0 Å². The number of nitrogens with two attached hydrogens (primary N) is 1. The zero-order valence-corrected chi connectivity index (χ0v) is 9.14. The summed E-state index contributed by atoms with van der Waals surface area (Å²) >= 11 is 3.12. The fraction of sp³-hybridized carbons (Fsp3) is 0.400. The fourth-order valence-electron chi connectivity index (χ4n) is 1.63. The number of hydrogen-bond donors (Lipinski definition) is 2. The van der Waals surface area contributed by atoms with Crippen molar-refractivity contribution in [2.75, 3.05) is 6.54 Å². The van der Waals surface area contributed by atoms with Crippen LogP contribution in [0.5, 0.6) is 5.75 Å². The van der Waals surface area contributed by atoms with Crippen molar-refractivity contribution < 1.29 is 9.50 Å². The van der Waals surface area contributed by atoms with Gasteiger partial charge in [0, 0.05) is 12.0 Å². The van der Waals surface area contributed by atoms with Crippen molar-refractivity contribution in [1.29, 1.82) is 0 Å². The van der Waals surface area contributed by atoms with Crippen LogP contribution >= 0.6 is 15.9 Å². The molecule has 1 aromatic carbocycles. The van der Waals surface area contributed by atoms with E-state index in [2.05, 4.69) is 15.9 Å². The lowest BCUT2D eigenvalue weighted by atomic mass is 9.96. The molecule has 0 radical (unpaired) electrons. The molecule has 4 heteroatoms. The molecular weight excluding hydrogens is 249 g/mol. The first kappa shape index (κ1) is 9.93. The fourth-order valence-corrected chi connectivity index (χ4v) is 2.07. The summed E-state index contributed by atoms with van der Waals surface area (Å²) in [6.07, 6.45) is 2.00. The van der Waals surface area contributed by atoms with Crippen LogP contribution in [0.3, 0.4) is 0 Å². The predicted molar refractivity (Wildman–Crippen MR) is 55.7 cm³/mol. The molecule has 0 saturated heterocycles. The van der Waals surface area contributed by atoms with E-state index in [0.29, 0.717) is 11.0 Å². The third-order valence-electron chi connectivity index (χ3n) is 2.87. The van der Waals surface area contributed by atoms with Crippen LogP contribution in [-0.4, -0.2) is 11.7 Å². The van der Waals surface area contributed by atoms with Gasteiger partial charge in [-0.1, -0.05) is 0 Å². The Kier molecular flexibility index (Phi) is 2.27. The van der Waals surface area contributed by atoms with E-state index in [1.807, 2.05) is 0 Å². The molecule has 0 atom stereocenters. The van der Waals surface area contributed by atoms with Crippen LogP contribution in [0.4, 0.5) is 4.39 Å². The normalized spacial score (nSPS) is 18.2. The highest BCUT2D eigenvalue weighted by molar-refractivity contribution is 9.10. The summed E-state index contributed by atoms with van der Waals surface area (Å²) in [6.45, 7) is 0.531. The van der Waals surface area contributed by atoms with E-state index in [1.165, 1.54) is 6.07 Å². The first-order valence-corrected chi connectivity index (χ1v) is 5.27. The largest absolute Gasteiger partial charge is 0.504 e.